The van der Waals surface area contributed by atoms with E-state index < -0.39 is 0 Å². The summed E-state index contributed by atoms with van der Waals surface area (Å²) in [6.45, 7) is 4.63. The monoisotopic (exact) mass is 232 g/mol. The molecule has 0 aromatic heterocycles. The van der Waals surface area contributed by atoms with Crippen LogP contribution in [0.5, 0.6) is 0 Å². The quantitative estimate of drug-likeness (QED) is 0.831. The van der Waals surface area contributed by atoms with Crippen LogP contribution in [0.1, 0.15) is 24.0 Å². The standard InChI is InChI=1S/C14H20N2O/c1-11-2-4-12(5-3-11)10-16-14(17)13-6-8-15-9-7-13/h2-5,13,15H,6-10H2,1H3,(H,16,17). The van der Waals surface area contributed by atoms with Crippen LogP contribution in [0.15, 0.2) is 24.3 Å². The Labute approximate surface area is 103 Å². The van der Waals surface area contributed by atoms with Gasteiger partial charge in [0.25, 0.3) is 0 Å². The number of aryl methyl sites for hydroxylation is 1. The third-order valence-corrected chi connectivity index (χ3v) is 3.30. The number of carbonyl (C=O) groups excluding carboxylic acids is 1. The number of rotatable bonds is 3. The number of hydrogen-bond acceptors (Lipinski definition) is 2. The molecule has 0 spiro atoms. The van der Waals surface area contributed by atoms with Gasteiger partial charge in [0.05, 0.1) is 0 Å². The third-order valence-electron chi connectivity index (χ3n) is 3.30. The second kappa shape index (κ2) is 5.82. The fraction of sp³-hybridized carbons (Fsp3) is 0.500. The molecule has 0 aliphatic carbocycles. The van der Waals surface area contributed by atoms with Gasteiger partial charge in [-0.2, -0.15) is 0 Å². The zero-order valence-corrected chi connectivity index (χ0v) is 10.3. The highest BCUT2D eigenvalue weighted by Crippen LogP contribution is 2.11. The molecule has 0 bridgehead atoms. The fourth-order valence-electron chi connectivity index (χ4n) is 2.12. The minimum Gasteiger partial charge on any atom is -0.352 e. The van der Waals surface area contributed by atoms with Gasteiger partial charge in [0.15, 0.2) is 0 Å². The largest absolute Gasteiger partial charge is 0.352 e. The second-order valence-corrected chi connectivity index (χ2v) is 4.73. The zero-order valence-electron chi connectivity index (χ0n) is 10.3. The van der Waals surface area contributed by atoms with Crippen LogP contribution in [-0.4, -0.2) is 19.0 Å². The first-order valence-electron chi connectivity index (χ1n) is 6.29. The highest BCUT2D eigenvalue weighted by molar-refractivity contribution is 5.78. The first-order chi connectivity index (χ1) is 8.25. The van der Waals surface area contributed by atoms with Crippen LogP contribution in [0.3, 0.4) is 0 Å². The van der Waals surface area contributed by atoms with Crippen LogP contribution in [0.4, 0.5) is 0 Å². The average Bonchev–Trinajstić information content (AvgIpc) is 2.39. The highest BCUT2D eigenvalue weighted by atomic mass is 16.1. The van der Waals surface area contributed by atoms with Gasteiger partial charge in [0.1, 0.15) is 0 Å². The van der Waals surface area contributed by atoms with E-state index in [4.69, 9.17) is 0 Å². The molecule has 1 aliphatic rings. The van der Waals surface area contributed by atoms with Gasteiger partial charge in [-0.25, -0.2) is 0 Å². The number of carbonyl (C=O) groups is 1. The van der Waals surface area contributed by atoms with E-state index in [1.54, 1.807) is 0 Å². The van der Waals surface area contributed by atoms with Crippen molar-refractivity contribution in [3.8, 4) is 0 Å². The Balaban J connectivity index is 1.81. The first kappa shape index (κ1) is 12.1. The van der Waals surface area contributed by atoms with E-state index in [1.165, 1.54) is 5.56 Å². The van der Waals surface area contributed by atoms with E-state index in [0.29, 0.717) is 6.54 Å². The molecule has 2 N–H and O–H groups in total. The van der Waals surface area contributed by atoms with E-state index in [1.807, 2.05) is 0 Å². The van der Waals surface area contributed by atoms with Gasteiger partial charge in [-0.15, -0.1) is 0 Å². The van der Waals surface area contributed by atoms with Crippen LogP contribution in [-0.2, 0) is 11.3 Å². The van der Waals surface area contributed by atoms with Gasteiger partial charge in [0, 0.05) is 12.5 Å². The summed E-state index contributed by atoms with van der Waals surface area (Å²) in [6.07, 6.45) is 1.92. The molecule has 2 rings (SSSR count). The SMILES string of the molecule is Cc1ccc(CNC(=O)C2CCNCC2)cc1. The topological polar surface area (TPSA) is 41.1 Å². The molecule has 1 aliphatic heterocycles. The predicted molar refractivity (Wildman–Crippen MR) is 68.6 cm³/mol. The molecule has 0 atom stereocenters. The van der Waals surface area contributed by atoms with Crippen molar-refractivity contribution >= 4 is 5.91 Å². The average molecular weight is 232 g/mol. The van der Waals surface area contributed by atoms with Crippen LogP contribution in [0, 0.1) is 12.8 Å². The highest BCUT2D eigenvalue weighted by Gasteiger charge is 2.20. The summed E-state index contributed by atoms with van der Waals surface area (Å²) in [5.41, 5.74) is 2.41. The molecular weight excluding hydrogens is 212 g/mol. The molecule has 1 saturated heterocycles. The Bertz CT molecular complexity index is 366. The molecule has 1 amide bonds. The molecule has 1 aromatic carbocycles. The second-order valence-electron chi connectivity index (χ2n) is 4.73. The Morgan fingerprint density at radius 1 is 1.29 bits per heavy atom. The van der Waals surface area contributed by atoms with Crippen LogP contribution < -0.4 is 10.6 Å². The maximum atomic E-state index is 11.9. The van der Waals surface area contributed by atoms with Crippen molar-refractivity contribution in [3.05, 3.63) is 35.4 Å². The minimum atomic E-state index is 0.196. The number of amides is 1. The van der Waals surface area contributed by atoms with Gasteiger partial charge < -0.3 is 10.6 Å². The summed E-state index contributed by atoms with van der Waals surface area (Å²) in [7, 11) is 0. The van der Waals surface area contributed by atoms with Crippen molar-refractivity contribution in [1.29, 1.82) is 0 Å². The summed E-state index contributed by atoms with van der Waals surface area (Å²) >= 11 is 0. The maximum absolute atomic E-state index is 11.9. The summed E-state index contributed by atoms with van der Waals surface area (Å²) in [6, 6.07) is 8.29. The summed E-state index contributed by atoms with van der Waals surface area (Å²) in [4.78, 5) is 11.9. The van der Waals surface area contributed by atoms with E-state index in [-0.39, 0.29) is 11.8 Å². The molecule has 0 unspecified atom stereocenters. The molecule has 92 valence electrons. The lowest BCUT2D eigenvalue weighted by molar-refractivity contribution is -0.125. The van der Waals surface area contributed by atoms with Crippen molar-refractivity contribution in [2.24, 2.45) is 5.92 Å². The Morgan fingerprint density at radius 2 is 1.94 bits per heavy atom. The van der Waals surface area contributed by atoms with Crippen LogP contribution in [0.25, 0.3) is 0 Å². The number of benzene rings is 1. The summed E-state index contributed by atoms with van der Waals surface area (Å²) < 4.78 is 0. The Morgan fingerprint density at radius 3 is 2.59 bits per heavy atom. The van der Waals surface area contributed by atoms with Crippen molar-refractivity contribution < 1.29 is 4.79 Å². The lowest BCUT2D eigenvalue weighted by Gasteiger charge is -2.21. The molecular formula is C14H20N2O. The van der Waals surface area contributed by atoms with Crippen molar-refractivity contribution in [2.75, 3.05) is 13.1 Å². The normalized spacial score (nSPS) is 16.8. The molecule has 17 heavy (non-hydrogen) atoms. The smallest absolute Gasteiger partial charge is 0.223 e. The third kappa shape index (κ3) is 3.56. The predicted octanol–water partition coefficient (Wildman–Crippen LogP) is 1.61. The van der Waals surface area contributed by atoms with Gasteiger partial charge >= 0.3 is 0 Å². The van der Waals surface area contributed by atoms with Gasteiger partial charge in [0.2, 0.25) is 5.91 Å². The van der Waals surface area contributed by atoms with Crippen LogP contribution >= 0.6 is 0 Å². The van der Waals surface area contributed by atoms with E-state index >= 15 is 0 Å². The molecule has 3 heteroatoms. The lowest BCUT2D eigenvalue weighted by Crippen LogP contribution is -2.37. The van der Waals surface area contributed by atoms with E-state index in [0.717, 1.165) is 31.5 Å². The molecule has 0 radical (unpaired) electrons. The van der Waals surface area contributed by atoms with Crippen molar-refractivity contribution in [3.63, 3.8) is 0 Å². The van der Waals surface area contributed by atoms with Gasteiger partial charge in [-0.05, 0) is 38.4 Å². The van der Waals surface area contributed by atoms with E-state index in [2.05, 4.69) is 41.8 Å². The lowest BCUT2D eigenvalue weighted by atomic mass is 9.97. The number of hydrogen-bond donors (Lipinski definition) is 2. The number of nitrogens with one attached hydrogen (secondary N) is 2. The van der Waals surface area contributed by atoms with Crippen LogP contribution in [0.2, 0.25) is 0 Å². The zero-order chi connectivity index (χ0) is 12.1. The Kier molecular flexibility index (Phi) is 4.15. The molecule has 1 aromatic rings. The fourth-order valence-corrected chi connectivity index (χ4v) is 2.12. The molecule has 3 nitrogen and oxygen atoms in total. The Hall–Kier alpha value is -1.35. The molecule has 1 fully saturated rings. The van der Waals surface area contributed by atoms with Gasteiger partial charge in [-0.3, -0.25) is 4.79 Å². The molecule has 0 saturated carbocycles. The van der Waals surface area contributed by atoms with Crippen molar-refractivity contribution in [1.82, 2.24) is 10.6 Å². The number of piperidine rings is 1. The van der Waals surface area contributed by atoms with Gasteiger partial charge in [-0.1, -0.05) is 29.8 Å². The maximum Gasteiger partial charge on any atom is 0.223 e. The van der Waals surface area contributed by atoms with E-state index in [9.17, 15) is 4.79 Å². The van der Waals surface area contributed by atoms with Crippen molar-refractivity contribution in [2.45, 2.75) is 26.3 Å². The summed E-state index contributed by atoms with van der Waals surface area (Å²) in [5.74, 6) is 0.397. The first-order valence-corrected chi connectivity index (χ1v) is 6.29. The minimum absolute atomic E-state index is 0.196. The molecule has 1 heterocycles. The summed E-state index contributed by atoms with van der Waals surface area (Å²) in [5, 5.41) is 6.29.